The Hall–Kier alpha value is -4.41. The number of rotatable bonds is 14. The van der Waals surface area contributed by atoms with Crippen LogP contribution >= 0.6 is 0 Å². The normalized spacial score (nSPS) is 15.7. The van der Waals surface area contributed by atoms with E-state index in [4.69, 9.17) is 10.5 Å². The summed E-state index contributed by atoms with van der Waals surface area (Å²) in [5.74, 6) is 0.0589. The second-order valence-electron chi connectivity index (χ2n) is 11.7. The summed E-state index contributed by atoms with van der Waals surface area (Å²) >= 11 is 0. The minimum absolute atomic E-state index is 0.128. The Morgan fingerprint density at radius 2 is 1.64 bits per heavy atom. The molecule has 0 aliphatic carbocycles. The molecule has 0 fully saturated rings. The van der Waals surface area contributed by atoms with Crippen LogP contribution < -0.4 is 26.4 Å². The Morgan fingerprint density at radius 3 is 2.27 bits per heavy atom. The maximum atomic E-state index is 14.1. The molecule has 3 atom stereocenters. The average Bonchev–Trinajstić information content (AvgIpc) is 3.04. The number of nitrogens with one attached hydrogen (secondary N) is 3. The lowest BCUT2D eigenvalue weighted by atomic mass is 9.90. The zero-order valence-electron chi connectivity index (χ0n) is 26.7. The van der Waals surface area contributed by atoms with Crippen molar-refractivity contribution in [3.8, 4) is 5.75 Å². The van der Waals surface area contributed by atoms with E-state index in [9.17, 15) is 14.4 Å². The van der Waals surface area contributed by atoms with E-state index in [1.54, 1.807) is 4.90 Å². The maximum absolute atomic E-state index is 14.1. The highest BCUT2D eigenvalue weighted by Crippen LogP contribution is 2.33. The zero-order valence-corrected chi connectivity index (χ0v) is 26.7. The first kappa shape index (κ1) is 33.5. The van der Waals surface area contributed by atoms with Crippen LogP contribution in [0.25, 0.3) is 0 Å². The summed E-state index contributed by atoms with van der Waals surface area (Å²) in [6, 6.07) is 22.7. The Balaban J connectivity index is 1.59. The Bertz CT molecular complexity index is 1420. The van der Waals surface area contributed by atoms with Crippen molar-refractivity contribution in [1.82, 2.24) is 25.8 Å². The molecule has 4 amide bonds. The highest BCUT2D eigenvalue weighted by atomic mass is 16.5. The lowest BCUT2D eigenvalue weighted by molar-refractivity contribution is -0.142. The number of ether oxygens (including phenoxy) is 1. The van der Waals surface area contributed by atoms with Gasteiger partial charge in [-0.05, 0) is 68.6 Å². The van der Waals surface area contributed by atoms with Crippen LogP contribution in [0, 0.1) is 0 Å². The molecule has 240 valence electrons. The Morgan fingerprint density at radius 1 is 0.978 bits per heavy atom. The fraction of sp³-hybridized carbons (Fsp3) is 0.400. The third-order valence-corrected chi connectivity index (χ3v) is 8.27. The van der Waals surface area contributed by atoms with Crippen LogP contribution in [-0.2, 0) is 29.0 Å². The molecule has 0 spiro atoms. The first-order chi connectivity index (χ1) is 21.7. The second-order valence-corrected chi connectivity index (χ2v) is 11.7. The molecule has 1 aliphatic heterocycles. The van der Waals surface area contributed by atoms with Gasteiger partial charge in [-0.15, -0.1) is 0 Å². The number of urea groups is 1. The van der Waals surface area contributed by atoms with Crippen LogP contribution in [0.15, 0.2) is 78.9 Å². The van der Waals surface area contributed by atoms with Gasteiger partial charge in [0.2, 0.25) is 11.8 Å². The molecule has 3 unspecified atom stereocenters. The Labute approximate surface area is 266 Å². The smallest absolute Gasteiger partial charge is 0.312 e. The van der Waals surface area contributed by atoms with Crippen LogP contribution in [0.1, 0.15) is 49.1 Å². The number of fused-ring (bicyclic) bond motifs is 1. The molecule has 0 saturated heterocycles. The summed E-state index contributed by atoms with van der Waals surface area (Å²) in [6.07, 6.45) is 0.906. The number of benzene rings is 3. The number of nitrogens with two attached hydrogens (primary N) is 1. The molecule has 1 aliphatic rings. The van der Waals surface area contributed by atoms with E-state index in [0.717, 1.165) is 22.3 Å². The first-order valence-electron chi connectivity index (χ1n) is 15.6. The van der Waals surface area contributed by atoms with Gasteiger partial charge in [-0.2, -0.15) is 0 Å². The average molecular weight is 615 g/mol. The zero-order chi connectivity index (χ0) is 32.3. The van der Waals surface area contributed by atoms with Gasteiger partial charge in [0.25, 0.3) is 0 Å². The standard InChI is InChI=1S/C35H46N6O4/c1-24(2)40(25(3)37-4)20-18-38-33(42)32-30-16-15-29(45-23-27-13-9-6-10-14-27)22-28(30)17-19-41(32)34(43)31(39-35(36)44)21-26-11-7-5-8-12-26/h5-16,22,24-25,31-32,37H,17-21,23H2,1-4H3,(H,38,42)(H3,36,39,44). The molecule has 3 aromatic carbocycles. The van der Waals surface area contributed by atoms with Gasteiger partial charge in [0, 0.05) is 32.1 Å². The van der Waals surface area contributed by atoms with Crippen LogP contribution in [0.4, 0.5) is 4.79 Å². The van der Waals surface area contributed by atoms with Crippen molar-refractivity contribution < 1.29 is 19.1 Å². The van der Waals surface area contributed by atoms with Crippen molar-refractivity contribution in [2.75, 3.05) is 26.7 Å². The number of hydrogen-bond donors (Lipinski definition) is 4. The maximum Gasteiger partial charge on any atom is 0.312 e. The van der Waals surface area contributed by atoms with Gasteiger partial charge in [-0.1, -0.05) is 66.7 Å². The minimum atomic E-state index is -0.928. The lowest BCUT2D eigenvalue weighted by Gasteiger charge is -2.39. The molecule has 10 heteroatoms. The van der Waals surface area contributed by atoms with E-state index in [2.05, 4.69) is 41.6 Å². The lowest BCUT2D eigenvalue weighted by Crippen LogP contribution is -2.56. The van der Waals surface area contributed by atoms with E-state index in [-0.39, 0.29) is 30.4 Å². The SMILES string of the molecule is CNC(C)N(CCNC(=O)C1c2ccc(OCc3ccccc3)cc2CCN1C(=O)C(Cc1ccccc1)NC(N)=O)C(C)C. The summed E-state index contributed by atoms with van der Waals surface area (Å²) in [7, 11) is 1.91. The topological polar surface area (TPSA) is 129 Å². The largest absolute Gasteiger partial charge is 0.489 e. The van der Waals surface area contributed by atoms with E-state index in [1.807, 2.05) is 85.9 Å². The van der Waals surface area contributed by atoms with Gasteiger partial charge in [0.1, 0.15) is 24.4 Å². The molecular weight excluding hydrogens is 568 g/mol. The molecule has 0 bridgehead atoms. The van der Waals surface area contributed by atoms with Crippen molar-refractivity contribution in [3.63, 3.8) is 0 Å². The van der Waals surface area contributed by atoms with Crippen molar-refractivity contribution in [1.29, 1.82) is 0 Å². The predicted octanol–water partition coefficient (Wildman–Crippen LogP) is 3.36. The van der Waals surface area contributed by atoms with Gasteiger partial charge < -0.3 is 31.3 Å². The van der Waals surface area contributed by atoms with Crippen LogP contribution in [0.5, 0.6) is 5.75 Å². The van der Waals surface area contributed by atoms with Gasteiger partial charge >= 0.3 is 6.03 Å². The molecule has 3 aromatic rings. The van der Waals surface area contributed by atoms with Crippen molar-refractivity contribution >= 4 is 17.8 Å². The predicted molar refractivity (Wildman–Crippen MR) is 175 cm³/mol. The van der Waals surface area contributed by atoms with E-state index in [1.165, 1.54) is 0 Å². The van der Waals surface area contributed by atoms with Gasteiger partial charge in [0.05, 0.1) is 6.17 Å². The van der Waals surface area contributed by atoms with Gasteiger partial charge in [-0.3, -0.25) is 14.5 Å². The number of carbonyl (C=O) groups is 3. The van der Waals surface area contributed by atoms with Crippen molar-refractivity contribution in [2.45, 2.75) is 64.5 Å². The first-order valence-corrected chi connectivity index (χ1v) is 15.6. The molecular formula is C35H46N6O4. The van der Waals surface area contributed by atoms with Crippen molar-refractivity contribution in [2.24, 2.45) is 5.73 Å². The summed E-state index contributed by atoms with van der Waals surface area (Å²) in [6.45, 7) is 8.06. The number of primary amides is 1. The minimum Gasteiger partial charge on any atom is -0.489 e. The number of nitrogens with zero attached hydrogens (tertiary/aromatic N) is 2. The third-order valence-electron chi connectivity index (χ3n) is 8.27. The molecule has 45 heavy (non-hydrogen) atoms. The van der Waals surface area contributed by atoms with Crippen LogP contribution in [-0.4, -0.2) is 72.6 Å². The fourth-order valence-electron chi connectivity index (χ4n) is 5.85. The van der Waals surface area contributed by atoms with Crippen LogP contribution in [0.2, 0.25) is 0 Å². The quantitative estimate of drug-likeness (QED) is 0.206. The number of carbonyl (C=O) groups excluding carboxylic acids is 3. The van der Waals surface area contributed by atoms with E-state index in [0.29, 0.717) is 38.4 Å². The summed E-state index contributed by atoms with van der Waals surface area (Å²) in [4.78, 5) is 43.9. The van der Waals surface area contributed by atoms with E-state index < -0.39 is 18.1 Å². The Kier molecular flexibility index (Phi) is 11.9. The molecule has 0 aromatic heterocycles. The molecule has 1 heterocycles. The molecule has 0 radical (unpaired) electrons. The van der Waals surface area contributed by atoms with Crippen molar-refractivity contribution in [3.05, 3.63) is 101 Å². The van der Waals surface area contributed by atoms with E-state index >= 15 is 0 Å². The van der Waals surface area contributed by atoms with Crippen LogP contribution in [0.3, 0.4) is 0 Å². The molecule has 0 saturated carbocycles. The second kappa shape index (κ2) is 16.1. The summed E-state index contributed by atoms with van der Waals surface area (Å²) in [5.41, 5.74) is 9.11. The van der Waals surface area contributed by atoms with Gasteiger partial charge in [-0.25, -0.2) is 4.79 Å². The summed E-state index contributed by atoms with van der Waals surface area (Å²) < 4.78 is 6.07. The monoisotopic (exact) mass is 614 g/mol. The number of hydrogen-bond acceptors (Lipinski definition) is 6. The van der Waals surface area contributed by atoms with Gasteiger partial charge in [0.15, 0.2) is 0 Å². The summed E-state index contributed by atoms with van der Waals surface area (Å²) in [5, 5.41) is 8.97. The highest BCUT2D eigenvalue weighted by Gasteiger charge is 2.39. The third kappa shape index (κ3) is 9.06. The highest BCUT2D eigenvalue weighted by molar-refractivity contribution is 5.93. The fourth-order valence-corrected chi connectivity index (χ4v) is 5.85. The number of amides is 4. The molecule has 4 rings (SSSR count). The molecule has 10 nitrogen and oxygen atoms in total. The molecule has 5 N–H and O–H groups in total.